The summed E-state index contributed by atoms with van der Waals surface area (Å²) in [5, 5.41) is 12.0. The molecule has 0 fully saturated rings. The van der Waals surface area contributed by atoms with E-state index in [1.165, 1.54) is 29.8 Å². The van der Waals surface area contributed by atoms with Crippen LogP contribution in [0.5, 0.6) is 0 Å². The quantitative estimate of drug-likeness (QED) is 0.885. The minimum Gasteiger partial charge on any atom is -0.478 e. The van der Waals surface area contributed by atoms with Crippen molar-refractivity contribution in [1.82, 2.24) is 9.55 Å². The number of nitrogens with zero attached hydrogens (tertiary/aromatic N) is 2. The van der Waals surface area contributed by atoms with Gasteiger partial charge in [0.2, 0.25) is 5.91 Å². The maximum Gasteiger partial charge on any atom is 0.347 e. The molecule has 0 radical (unpaired) electrons. The predicted octanol–water partition coefficient (Wildman–Crippen LogP) is 1.26. The summed E-state index contributed by atoms with van der Waals surface area (Å²) in [6, 6.07) is 1.54. The van der Waals surface area contributed by atoms with Gasteiger partial charge >= 0.3 is 11.7 Å². The average molecular weight is 307 g/mol. The fraction of sp³-hybridized carbons (Fsp3) is 0.231. The molecule has 2 N–H and O–H groups in total. The Balaban J connectivity index is 2.21. The zero-order valence-corrected chi connectivity index (χ0v) is 12.2. The zero-order chi connectivity index (χ0) is 15.6. The van der Waals surface area contributed by atoms with Crippen LogP contribution in [0.15, 0.2) is 23.3 Å². The third kappa shape index (κ3) is 3.16. The minimum atomic E-state index is -1.09. The molecule has 2 rings (SSSR count). The van der Waals surface area contributed by atoms with Crippen LogP contribution in [-0.2, 0) is 11.3 Å². The molecule has 0 aliphatic heterocycles. The lowest BCUT2D eigenvalue weighted by molar-refractivity contribution is -0.116. The molecular weight excluding hydrogens is 294 g/mol. The molecule has 0 saturated heterocycles. The molecular formula is C13H13N3O4S. The fourth-order valence-corrected chi connectivity index (χ4v) is 2.87. The van der Waals surface area contributed by atoms with Gasteiger partial charge in [-0.2, -0.15) is 0 Å². The normalized spacial score (nSPS) is 10.4. The van der Waals surface area contributed by atoms with Gasteiger partial charge in [-0.3, -0.25) is 9.36 Å². The summed E-state index contributed by atoms with van der Waals surface area (Å²) in [6.45, 7) is 3.26. The molecule has 0 aliphatic rings. The molecule has 2 aromatic rings. The first-order valence-electron chi connectivity index (χ1n) is 6.04. The Morgan fingerprint density at radius 3 is 2.76 bits per heavy atom. The molecule has 2 aromatic heterocycles. The highest BCUT2D eigenvalue weighted by molar-refractivity contribution is 7.16. The Morgan fingerprint density at radius 1 is 1.43 bits per heavy atom. The number of rotatable bonds is 4. The molecule has 8 heteroatoms. The van der Waals surface area contributed by atoms with Crippen LogP contribution < -0.4 is 11.0 Å². The van der Waals surface area contributed by atoms with Crippen molar-refractivity contribution in [1.29, 1.82) is 0 Å². The molecule has 1 amide bonds. The van der Waals surface area contributed by atoms with E-state index in [0.29, 0.717) is 5.56 Å². The van der Waals surface area contributed by atoms with Crippen molar-refractivity contribution in [2.45, 2.75) is 20.4 Å². The Morgan fingerprint density at radius 2 is 2.14 bits per heavy atom. The number of aromatic nitrogens is 2. The molecule has 0 aliphatic carbocycles. The average Bonchev–Trinajstić information content (AvgIpc) is 2.67. The third-order valence-electron chi connectivity index (χ3n) is 2.95. The van der Waals surface area contributed by atoms with Gasteiger partial charge in [0.25, 0.3) is 0 Å². The van der Waals surface area contributed by atoms with Crippen LogP contribution in [-0.4, -0.2) is 26.5 Å². The number of anilines is 1. The summed E-state index contributed by atoms with van der Waals surface area (Å²) in [7, 11) is 0. The molecule has 110 valence electrons. The smallest absolute Gasteiger partial charge is 0.347 e. The van der Waals surface area contributed by atoms with Crippen molar-refractivity contribution in [3.63, 3.8) is 0 Å². The fourth-order valence-electron chi connectivity index (χ4n) is 1.80. The van der Waals surface area contributed by atoms with Crippen molar-refractivity contribution < 1.29 is 14.7 Å². The first-order chi connectivity index (χ1) is 9.90. The number of aromatic carboxylic acids is 1. The Labute approximate surface area is 123 Å². The molecule has 0 atom stereocenters. The highest BCUT2D eigenvalue weighted by Crippen LogP contribution is 2.32. The van der Waals surface area contributed by atoms with Crippen LogP contribution in [0.3, 0.4) is 0 Å². The second-order valence-electron chi connectivity index (χ2n) is 4.37. The lowest BCUT2D eigenvalue weighted by Crippen LogP contribution is -2.28. The second-order valence-corrected chi connectivity index (χ2v) is 5.60. The van der Waals surface area contributed by atoms with E-state index in [1.807, 2.05) is 0 Å². The topological polar surface area (TPSA) is 101 Å². The molecule has 0 spiro atoms. The van der Waals surface area contributed by atoms with Gasteiger partial charge in [-0.05, 0) is 25.5 Å². The Kier molecular flexibility index (Phi) is 4.18. The van der Waals surface area contributed by atoms with Crippen molar-refractivity contribution in [3.8, 4) is 0 Å². The number of carboxylic acid groups (broad SMARTS) is 1. The number of amides is 1. The van der Waals surface area contributed by atoms with Crippen LogP contribution in [0.1, 0.15) is 20.8 Å². The molecule has 0 aromatic carbocycles. The van der Waals surface area contributed by atoms with E-state index >= 15 is 0 Å². The highest BCUT2D eigenvalue weighted by Gasteiger charge is 2.20. The van der Waals surface area contributed by atoms with Crippen LogP contribution in [0.4, 0.5) is 5.00 Å². The first kappa shape index (κ1) is 14.9. The zero-order valence-electron chi connectivity index (χ0n) is 11.4. The van der Waals surface area contributed by atoms with Crippen molar-refractivity contribution in [2.24, 2.45) is 0 Å². The van der Waals surface area contributed by atoms with Crippen LogP contribution in [0, 0.1) is 13.8 Å². The van der Waals surface area contributed by atoms with E-state index < -0.39 is 17.6 Å². The lowest BCUT2D eigenvalue weighted by atomic mass is 10.1. The van der Waals surface area contributed by atoms with E-state index in [1.54, 1.807) is 13.8 Å². The number of hydrogen-bond acceptors (Lipinski definition) is 5. The third-order valence-corrected chi connectivity index (χ3v) is 4.07. The highest BCUT2D eigenvalue weighted by atomic mass is 32.1. The predicted molar refractivity (Wildman–Crippen MR) is 77.9 cm³/mol. The van der Waals surface area contributed by atoms with Gasteiger partial charge in [0.05, 0.1) is 5.56 Å². The van der Waals surface area contributed by atoms with Gasteiger partial charge in [-0.25, -0.2) is 14.6 Å². The van der Waals surface area contributed by atoms with Gasteiger partial charge in [0, 0.05) is 17.3 Å². The molecule has 21 heavy (non-hydrogen) atoms. The number of hydrogen-bond donors (Lipinski definition) is 2. The van der Waals surface area contributed by atoms with Gasteiger partial charge in [0.15, 0.2) is 0 Å². The number of carboxylic acids is 1. The van der Waals surface area contributed by atoms with Gasteiger partial charge in [-0.1, -0.05) is 0 Å². The van der Waals surface area contributed by atoms with E-state index in [-0.39, 0.29) is 17.1 Å². The molecule has 2 heterocycles. The van der Waals surface area contributed by atoms with Gasteiger partial charge in [0.1, 0.15) is 11.5 Å². The number of carbonyl (C=O) groups excluding carboxylic acids is 1. The van der Waals surface area contributed by atoms with E-state index in [2.05, 4.69) is 10.3 Å². The maximum atomic E-state index is 11.9. The lowest BCUT2D eigenvalue weighted by Gasteiger charge is -2.06. The van der Waals surface area contributed by atoms with Crippen LogP contribution in [0.2, 0.25) is 0 Å². The van der Waals surface area contributed by atoms with Gasteiger partial charge in [-0.15, -0.1) is 11.3 Å². The standard InChI is InChI=1S/C13H13N3O4S/c1-7-8(2)21-11(10(7)12(18)19)15-9(17)6-16-5-3-4-14-13(16)20/h3-5H,6H2,1-2H3,(H,15,17)(H,18,19). The van der Waals surface area contributed by atoms with E-state index in [9.17, 15) is 19.5 Å². The molecule has 0 bridgehead atoms. The molecule has 0 saturated carbocycles. The first-order valence-corrected chi connectivity index (χ1v) is 6.86. The maximum absolute atomic E-state index is 11.9. The number of thiophene rings is 1. The van der Waals surface area contributed by atoms with Gasteiger partial charge < -0.3 is 10.4 Å². The minimum absolute atomic E-state index is 0.0874. The van der Waals surface area contributed by atoms with E-state index in [0.717, 1.165) is 9.44 Å². The van der Waals surface area contributed by atoms with Crippen LogP contribution in [0.25, 0.3) is 0 Å². The van der Waals surface area contributed by atoms with E-state index in [4.69, 9.17) is 0 Å². The van der Waals surface area contributed by atoms with Crippen molar-refractivity contribution in [3.05, 3.63) is 44.9 Å². The molecule has 7 nitrogen and oxygen atoms in total. The van der Waals surface area contributed by atoms with Crippen LogP contribution >= 0.6 is 11.3 Å². The number of aryl methyl sites for hydroxylation is 1. The van der Waals surface area contributed by atoms with Crippen molar-refractivity contribution >= 4 is 28.2 Å². The summed E-state index contributed by atoms with van der Waals surface area (Å²) in [5.41, 5.74) is 0.176. The molecule has 0 unspecified atom stereocenters. The summed E-state index contributed by atoms with van der Waals surface area (Å²) in [4.78, 5) is 39.0. The Hall–Kier alpha value is -2.48. The second kappa shape index (κ2) is 5.88. The summed E-state index contributed by atoms with van der Waals surface area (Å²) < 4.78 is 1.14. The number of carbonyl (C=O) groups is 2. The SMILES string of the molecule is Cc1sc(NC(=O)Cn2cccnc2=O)c(C(=O)O)c1C. The number of nitrogens with one attached hydrogen (secondary N) is 1. The largest absolute Gasteiger partial charge is 0.478 e. The summed E-state index contributed by atoms with van der Waals surface area (Å²) >= 11 is 1.20. The monoisotopic (exact) mass is 307 g/mol. The van der Waals surface area contributed by atoms with Crippen molar-refractivity contribution in [2.75, 3.05) is 5.32 Å². The summed E-state index contributed by atoms with van der Waals surface area (Å²) in [6.07, 6.45) is 2.78. The Bertz CT molecular complexity index is 763. The summed E-state index contributed by atoms with van der Waals surface area (Å²) in [5.74, 6) is -1.57.